The number of esters is 1. The van der Waals surface area contributed by atoms with Gasteiger partial charge in [-0.25, -0.2) is 4.39 Å². The number of carbonyl (C=O) groups is 4. The molecule has 130 valence electrons. The monoisotopic (exact) mass is 339 g/mol. The lowest BCUT2D eigenvalue weighted by atomic mass is 10.2. The van der Waals surface area contributed by atoms with Gasteiger partial charge in [-0.15, -0.1) is 0 Å². The zero-order chi connectivity index (χ0) is 18.1. The van der Waals surface area contributed by atoms with Crippen LogP contribution in [0.15, 0.2) is 24.3 Å². The van der Waals surface area contributed by atoms with Crippen molar-refractivity contribution in [2.75, 3.05) is 33.8 Å². The first-order valence-electron chi connectivity index (χ1n) is 6.97. The number of amides is 3. The van der Waals surface area contributed by atoms with Crippen LogP contribution >= 0.6 is 0 Å². The first-order valence-corrected chi connectivity index (χ1v) is 6.97. The minimum atomic E-state index is -0.813. The third kappa shape index (κ3) is 6.42. The van der Waals surface area contributed by atoms with Gasteiger partial charge in [-0.05, 0) is 24.3 Å². The second kappa shape index (κ2) is 9.23. The van der Waals surface area contributed by atoms with Gasteiger partial charge in [0.2, 0.25) is 5.91 Å². The maximum atomic E-state index is 12.7. The second-order valence-electron chi connectivity index (χ2n) is 4.77. The van der Waals surface area contributed by atoms with Crippen molar-refractivity contribution in [3.05, 3.63) is 35.6 Å². The van der Waals surface area contributed by atoms with Gasteiger partial charge in [-0.2, -0.15) is 0 Å². The molecule has 0 spiro atoms. The van der Waals surface area contributed by atoms with Crippen molar-refractivity contribution in [1.82, 2.24) is 15.5 Å². The van der Waals surface area contributed by atoms with Crippen LogP contribution in [0.1, 0.15) is 10.4 Å². The molecule has 0 unspecified atom stereocenters. The highest BCUT2D eigenvalue weighted by Crippen LogP contribution is 2.02. The fourth-order valence-electron chi connectivity index (χ4n) is 1.54. The number of benzene rings is 1. The van der Waals surface area contributed by atoms with Gasteiger partial charge in [0.05, 0.1) is 6.54 Å². The molecule has 0 bridgehead atoms. The summed E-state index contributed by atoms with van der Waals surface area (Å²) in [5.41, 5.74) is 0.186. The molecule has 0 saturated heterocycles. The van der Waals surface area contributed by atoms with Crippen LogP contribution in [0, 0.1) is 5.82 Å². The Morgan fingerprint density at radius 3 is 2.38 bits per heavy atom. The number of halogens is 1. The van der Waals surface area contributed by atoms with Gasteiger partial charge < -0.3 is 20.3 Å². The smallest absolute Gasteiger partial charge is 0.325 e. The standard InChI is InChI=1S/C15H18FN3O5/c1-17-12(20)8-19(2)13(21)9-24-14(22)7-18-15(23)10-3-5-11(16)6-4-10/h3-6H,7-9H2,1-2H3,(H,17,20)(H,18,23). The maximum absolute atomic E-state index is 12.7. The fourth-order valence-corrected chi connectivity index (χ4v) is 1.54. The second-order valence-corrected chi connectivity index (χ2v) is 4.77. The Morgan fingerprint density at radius 2 is 1.79 bits per heavy atom. The van der Waals surface area contributed by atoms with Crippen LogP contribution in [-0.2, 0) is 19.1 Å². The molecular weight excluding hydrogens is 321 g/mol. The summed E-state index contributed by atoms with van der Waals surface area (Å²) in [7, 11) is 2.83. The summed E-state index contributed by atoms with van der Waals surface area (Å²) in [5.74, 6) is -2.78. The van der Waals surface area contributed by atoms with E-state index in [1.54, 1.807) is 0 Å². The predicted molar refractivity (Wildman–Crippen MR) is 81.4 cm³/mol. The van der Waals surface area contributed by atoms with E-state index in [-0.39, 0.29) is 18.0 Å². The van der Waals surface area contributed by atoms with Crippen molar-refractivity contribution in [3.63, 3.8) is 0 Å². The quantitative estimate of drug-likeness (QED) is 0.640. The number of likely N-dealkylation sites (N-methyl/N-ethyl adjacent to an activating group) is 2. The van der Waals surface area contributed by atoms with Gasteiger partial charge in [0, 0.05) is 19.7 Å². The molecular formula is C15H18FN3O5. The van der Waals surface area contributed by atoms with E-state index in [0.717, 1.165) is 17.0 Å². The minimum absolute atomic E-state index is 0.159. The lowest BCUT2D eigenvalue weighted by Gasteiger charge is -2.15. The molecule has 1 aromatic carbocycles. The van der Waals surface area contributed by atoms with Crippen LogP contribution in [-0.4, -0.2) is 62.4 Å². The lowest BCUT2D eigenvalue weighted by molar-refractivity contribution is -0.151. The van der Waals surface area contributed by atoms with E-state index in [9.17, 15) is 23.6 Å². The molecule has 0 aliphatic rings. The Bertz CT molecular complexity index is 618. The van der Waals surface area contributed by atoms with Crippen LogP contribution < -0.4 is 10.6 Å². The molecule has 0 saturated carbocycles. The zero-order valence-corrected chi connectivity index (χ0v) is 13.3. The van der Waals surface area contributed by atoms with E-state index < -0.39 is 36.8 Å². The molecule has 8 nitrogen and oxygen atoms in total. The topological polar surface area (TPSA) is 105 Å². The first kappa shape index (κ1) is 19.1. The molecule has 0 radical (unpaired) electrons. The molecule has 24 heavy (non-hydrogen) atoms. The summed E-state index contributed by atoms with van der Waals surface area (Å²) in [5, 5.41) is 4.64. The number of nitrogens with zero attached hydrogens (tertiary/aromatic N) is 1. The molecule has 0 aliphatic heterocycles. The van der Waals surface area contributed by atoms with E-state index in [2.05, 4.69) is 10.6 Å². The van der Waals surface area contributed by atoms with Crippen molar-refractivity contribution >= 4 is 23.7 Å². The summed E-state index contributed by atoms with van der Waals surface area (Å²) < 4.78 is 17.4. The van der Waals surface area contributed by atoms with Gasteiger partial charge in [0.1, 0.15) is 12.4 Å². The van der Waals surface area contributed by atoms with E-state index in [0.29, 0.717) is 0 Å². The first-order chi connectivity index (χ1) is 11.3. The van der Waals surface area contributed by atoms with E-state index >= 15 is 0 Å². The Hall–Kier alpha value is -2.97. The highest BCUT2D eigenvalue weighted by Gasteiger charge is 2.15. The fraction of sp³-hybridized carbons (Fsp3) is 0.333. The molecule has 0 atom stereocenters. The van der Waals surface area contributed by atoms with Crippen molar-refractivity contribution in [2.24, 2.45) is 0 Å². The van der Waals surface area contributed by atoms with Crippen LogP contribution in [0.2, 0.25) is 0 Å². The largest absolute Gasteiger partial charge is 0.454 e. The van der Waals surface area contributed by atoms with E-state index in [4.69, 9.17) is 4.74 Å². The van der Waals surface area contributed by atoms with Crippen LogP contribution in [0.3, 0.4) is 0 Å². The average molecular weight is 339 g/mol. The summed E-state index contributed by atoms with van der Waals surface area (Å²) >= 11 is 0. The third-order valence-corrected chi connectivity index (χ3v) is 2.94. The summed E-state index contributed by atoms with van der Waals surface area (Å²) in [6, 6.07) is 4.78. The van der Waals surface area contributed by atoms with Gasteiger partial charge in [0.25, 0.3) is 11.8 Å². The number of rotatable bonds is 7. The average Bonchev–Trinajstić information content (AvgIpc) is 2.57. The van der Waals surface area contributed by atoms with Crippen LogP contribution in [0.5, 0.6) is 0 Å². The van der Waals surface area contributed by atoms with Gasteiger partial charge in [-0.3, -0.25) is 19.2 Å². The van der Waals surface area contributed by atoms with Crippen molar-refractivity contribution < 1.29 is 28.3 Å². The van der Waals surface area contributed by atoms with Crippen molar-refractivity contribution in [3.8, 4) is 0 Å². The van der Waals surface area contributed by atoms with E-state index in [1.165, 1.54) is 26.2 Å². The normalized spacial score (nSPS) is 9.79. The Labute approximate surface area is 138 Å². The van der Waals surface area contributed by atoms with Crippen LogP contribution in [0.4, 0.5) is 4.39 Å². The Kier molecular flexibility index (Phi) is 7.34. The molecule has 0 aromatic heterocycles. The Balaban J connectivity index is 2.33. The molecule has 2 N–H and O–H groups in total. The molecule has 9 heteroatoms. The highest BCUT2D eigenvalue weighted by atomic mass is 19.1. The van der Waals surface area contributed by atoms with E-state index in [1.807, 2.05) is 0 Å². The SMILES string of the molecule is CNC(=O)CN(C)C(=O)COC(=O)CNC(=O)c1ccc(F)cc1. The number of nitrogens with one attached hydrogen (secondary N) is 2. The predicted octanol–water partition coefficient (Wildman–Crippen LogP) is -0.697. The highest BCUT2D eigenvalue weighted by molar-refractivity contribution is 5.96. The minimum Gasteiger partial charge on any atom is -0.454 e. The number of carbonyl (C=O) groups excluding carboxylic acids is 4. The number of hydrogen-bond acceptors (Lipinski definition) is 5. The van der Waals surface area contributed by atoms with Gasteiger partial charge in [-0.1, -0.05) is 0 Å². The lowest BCUT2D eigenvalue weighted by Crippen LogP contribution is -2.39. The molecule has 1 aromatic rings. The Morgan fingerprint density at radius 1 is 1.17 bits per heavy atom. The molecule has 1 rings (SSSR count). The van der Waals surface area contributed by atoms with Gasteiger partial charge >= 0.3 is 5.97 Å². The molecule has 0 fully saturated rings. The zero-order valence-electron chi connectivity index (χ0n) is 13.3. The third-order valence-electron chi connectivity index (χ3n) is 2.94. The summed E-state index contributed by atoms with van der Waals surface area (Å²) in [6.07, 6.45) is 0. The van der Waals surface area contributed by atoms with Gasteiger partial charge in [0.15, 0.2) is 6.61 Å². The van der Waals surface area contributed by atoms with Crippen molar-refractivity contribution in [1.29, 1.82) is 0 Å². The van der Waals surface area contributed by atoms with Crippen molar-refractivity contribution in [2.45, 2.75) is 0 Å². The molecule has 3 amide bonds. The van der Waals surface area contributed by atoms with Crippen LogP contribution in [0.25, 0.3) is 0 Å². The molecule has 0 aliphatic carbocycles. The number of ether oxygens (including phenoxy) is 1. The summed E-state index contributed by atoms with van der Waals surface area (Å²) in [4.78, 5) is 47.0. The number of hydrogen-bond donors (Lipinski definition) is 2. The summed E-state index contributed by atoms with van der Waals surface area (Å²) in [6.45, 7) is -1.14. The molecule has 0 heterocycles. The maximum Gasteiger partial charge on any atom is 0.325 e.